The minimum absolute atomic E-state index is 0.273. The SMILES string of the molecule is COC(=O)[C@@H]1C2=Cc3ccccc3C(C#N)(C#N)C23c2ccccc2OC[C@@H]3[C@H]1c1ccccc1. The molecule has 3 aliphatic rings. The molecule has 1 fully saturated rings. The van der Waals surface area contributed by atoms with Crippen molar-refractivity contribution in [2.75, 3.05) is 13.7 Å². The summed E-state index contributed by atoms with van der Waals surface area (Å²) in [7, 11) is 1.39. The van der Waals surface area contributed by atoms with Gasteiger partial charge in [0.1, 0.15) is 5.75 Å². The second kappa shape index (κ2) is 7.58. The maximum atomic E-state index is 13.5. The number of carbonyl (C=O) groups excluding carboxylic acids is 1. The molecule has 3 aromatic carbocycles. The summed E-state index contributed by atoms with van der Waals surface area (Å²) in [6, 6.07) is 29.9. The summed E-state index contributed by atoms with van der Waals surface area (Å²) in [6.45, 7) is 0.273. The average molecular weight is 459 g/mol. The molecule has 35 heavy (non-hydrogen) atoms. The first-order valence-corrected chi connectivity index (χ1v) is 11.6. The minimum Gasteiger partial charge on any atom is -0.493 e. The number of ether oxygens (including phenoxy) is 2. The summed E-state index contributed by atoms with van der Waals surface area (Å²) in [5, 5.41) is 21.8. The third-order valence-electron chi connectivity index (χ3n) is 8.11. The zero-order chi connectivity index (χ0) is 24.2. The van der Waals surface area contributed by atoms with Crippen LogP contribution in [0.15, 0.2) is 84.4 Å². The van der Waals surface area contributed by atoms with E-state index in [-0.39, 0.29) is 24.4 Å². The van der Waals surface area contributed by atoms with E-state index in [2.05, 4.69) is 12.1 Å². The molecule has 3 aromatic rings. The Hall–Kier alpha value is -4.35. The van der Waals surface area contributed by atoms with Gasteiger partial charge in [-0.25, -0.2) is 0 Å². The summed E-state index contributed by atoms with van der Waals surface area (Å²) >= 11 is 0. The molecule has 0 amide bonds. The van der Waals surface area contributed by atoms with Crippen LogP contribution in [0.1, 0.15) is 28.2 Å². The molecule has 1 heterocycles. The number of nitriles is 2. The van der Waals surface area contributed by atoms with E-state index in [4.69, 9.17) is 9.47 Å². The standard InChI is InChI=1S/C30H22N2O3/c1-34-28(33)27-23-15-20-11-5-6-12-21(20)29(17-31,18-32)30(23)22-13-7-8-14-25(22)35-16-24(30)26(27)19-9-3-2-4-10-19/h2-15,24,26-27H,16H2,1H3/t24-,26-,27-,30?/m1/s1. The molecule has 6 rings (SSSR count). The highest BCUT2D eigenvalue weighted by molar-refractivity contribution is 5.87. The lowest BCUT2D eigenvalue weighted by Crippen LogP contribution is -2.56. The van der Waals surface area contributed by atoms with Gasteiger partial charge >= 0.3 is 5.97 Å². The van der Waals surface area contributed by atoms with E-state index in [1.807, 2.05) is 84.9 Å². The van der Waals surface area contributed by atoms with Gasteiger partial charge in [-0.1, -0.05) is 78.9 Å². The van der Waals surface area contributed by atoms with Crippen LogP contribution in [-0.2, 0) is 20.4 Å². The molecule has 1 spiro atoms. The van der Waals surface area contributed by atoms with Crippen LogP contribution < -0.4 is 4.74 Å². The number of hydrogen-bond acceptors (Lipinski definition) is 5. The first-order chi connectivity index (χ1) is 17.1. The number of hydrogen-bond donors (Lipinski definition) is 0. The fourth-order valence-electron chi connectivity index (χ4n) is 6.90. The van der Waals surface area contributed by atoms with Crippen molar-refractivity contribution in [3.8, 4) is 17.9 Å². The summed E-state index contributed by atoms with van der Waals surface area (Å²) in [4.78, 5) is 13.5. The molecule has 0 bridgehead atoms. The van der Waals surface area contributed by atoms with E-state index in [0.29, 0.717) is 11.3 Å². The molecule has 0 aromatic heterocycles. The van der Waals surface area contributed by atoms with Crippen molar-refractivity contribution in [2.24, 2.45) is 11.8 Å². The summed E-state index contributed by atoms with van der Waals surface area (Å²) in [6.07, 6.45) is 2.02. The average Bonchev–Trinajstić information content (AvgIpc) is 3.23. The van der Waals surface area contributed by atoms with Crippen LogP contribution in [0.3, 0.4) is 0 Å². The Balaban J connectivity index is 1.80. The molecule has 1 aliphatic heterocycles. The molecule has 170 valence electrons. The molecular formula is C30H22N2O3. The number of para-hydroxylation sites is 1. The Kier molecular flexibility index (Phi) is 4.59. The second-order valence-corrected chi connectivity index (χ2v) is 9.32. The highest BCUT2D eigenvalue weighted by atomic mass is 16.5. The van der Waals surface area contributed by atoms with E-state index in [1.165, 1.54) is 7.11 Å². The van der Waals surface area contributed by atoms with Crippen molar-refractivity contribution in [2.45, 2.75) is 16.7 Å². The Morgan fingerprint density at radius 1 is 0.943 bits per heavy atom. The molecule has 1 unspecified atom stereocenters. The zero-order valence-electron chi connectivity index (χ0n) is 19.1. The lowest BCUT2D eigenvalue weighted by atomic mass is 9.48. The Labute approximate surface area is 203 Å². The third-order valence-corrected chi connectivity index (χ3v) is 8.11. The predicted octanol–water partition coefficient (Wildman–Crippen LogP) is 4.90. The lowest BCUT2D eigenvalue weighted by molar-refractivity contribution is -0.144. The quantitative estimate of drug-likeness (QED) is 0.510. The molecule has 5 nitrogen and oxygen atoms in total. The van der Waals surface area contributed by atoms with Crippen LogP contribution in [0.4, 0.5) is 0 Å². The number of rotatable bonds is 2. The van der Waals surface area contributed by atoms with Gasteiger partial charge in [-0.3, -0.25) is 4.79 Å². The van der Waals surface area contributed by atoms with Crippen LogP contribution >= 0.6 is 0 Å². The largest absolute Gasteiger partial charge is 0.493 e. The number of esters is 1. The highest BCUT2D eigenvalue weighted by Crippen LogP contribution is 2.70. The lowest BCUT2D eigenvalue weighted by Gasteiger charge is -2.51. The highest BCUT2D eigenvalue weighted by Gasteiger charge is 2.73. The van der Waals surface area contributed by atoms with Crippen LogP contribution in [0, 0.1) is 34.5 Å². The maximum absolute atomic E-state index is 13.5. The van der Waals surface area contributed by atoms with Crippen LogP contribution in [0.5, 0.6) is 5.75 Å². The van der Waals surface area contributed by atoms with Crippen LogP contribution in [0.2, 0.25) is 0 Å². The van der Waals surface area contributed by atoms with Gasteiger partial charge in [0.2, 0.25) is 0 Å². The van der Waals surface area contributed by atoms with Gasteiger partial charge in [0.25, 0.3) is 0 Å². The van der Waals surface area contributed by atoms with Gasteiger partial charge in [0.15, 0.2) is 5.41 Å². The zero-order valence-corrected chi connectivity index (χ0v) is 19.1. The number of fused-ring (bicyclic) bond motifs is 2. The van der Waals surface area contributed by atoms with Gasteiger partial charge in [0, 0.05) is 17.4 Å². The normalized spacial score (nSPS) is 26.8. The molecule has 2 aliphatic carbocycles. The molecular weight excluding hydrogens is 436 g/mol. The fourth-order valence-corrected chi connectivity index (χ4v) is 6.90. The third kappa shape index (κ3) is 2.48. The molecule has 0 saturated heterocycles. The van der Waals surface area contributed by atoms with E-state index in [1.54, 1.807) is 0 Å². The molecule has 1 saturated carbocycles. The predicted molar refractivity (Wildman–Crippen MR) is 129 cm³/mol. The number of carbonyl (C=O) groups is 1. The topological polar surface area (TPSA) is 83.1 Å². The van der Waals surface area contributed by atoms with E-state index < -0.39 is 16.7 Å². The monoisotopic (exact) mass is 458 g/mol. The van der Waals surface area contributed by atoms with Crippen molar-refractivity contribution < 1.29 is 14.3 Å². The number of nitrogens with zero attached hydrogens (tertiary/aromatic N) is 2. The molecule has 0 radical (unpaired) electrons. The van der Waals surface area contributed by atoms with E-state index in [9.17, 15) is 15.3 Å². The Morgan fingerprint density at radius 2 is 1.60 bits per heavy atom. The smallest absolute Gasteiger partial charge is 0.313 e. The molecule has 5 heteroatoms. The summed E-state index contributed by atoms with van der Waals surface area (Å²) in [5.41, 5.74) is 1.27. The van der Waals surface area contributed by atoms with Gasteiger partial charge in [-0.2, -0.15) is 10.5 Å². The molecule has 0 N–H and O–H groups in total. The number of methoxy groups -OCH3 is 1. The summed E-state index contributed by atoms with van der Waals surface area (Å²) < 4.78 is 11.6. The Bertz CT molecular complexity index is 1450. The van der Waals surface area contributed by atoms with Crippen molar-refractivity contribution in [1.29, 1.82) is 10.5 Å². The van der Waals surface area contributed by atoms with Crippen LogP contribution in [0.25, 0.3) is 6.08 Å². The summed E-state index contributed by atoms with van der Waals surface area (Å²) in [5.74, 6) is -1.08. The van der Waals surface area contributed by atoms with E-state index >= 15 is 0 Å². The van der Waals surface area contributed by atoms with Gasteiger partial charge in [-0.15, -0.1) is 0 Å². The number of benzene rings is 3. The van der Waals surface area contributed by atoms with Gasteiger partial charge in [0.05, 0.1) is 37.2 Å². The van der Waals surface area contributed by atoms with Crippen molar-refractivity contribution in [1.82, 2.24) is 0 Å². The maximum Gasteiger partial charge on any atom is 0.313 e. The molecule has 4 atom stereocenters. The first-order valence-electron chi connectivity index (χ1n) is 11.6. The van der Waals surface area contributed by atoms with Crippen molar-refractivity contribution in [3.05, 3.63) is 107 Å². The fraction of sp³-hybridized carbons (Fsp3) is 0.233. The minimum atomic E-state index is -1.56. The van der Waals surface area contributed by atoms with Crippen LogP contribution in [-0.4, -0.2) is 19.7 Å². The van der Waals surface area contributed by atoms with E-state index in [0.717, 1.165) is 22.3 Å². The van der Waals surface area contributed by atoms with Crippen molar-refractivity contribution >= 4 is 12.0 Å². The van der Waals surface area contributed by atoms with Crippen molar-refractivity contribution in [3.63, 3.8) is 0 Å². The second-order valence-electron chi connectivity index (χ2n) is 9.32. The Morgan fingerprint density at radius 3 is 2.31 bits per heavy atom. The van der Waals surface area contributed by atoms with Gasteiger partial charge < -0.3 is 9.47 Å². The van der Waals surface area contributed by atoms with Gasteiger partial charge in [-0.05, 0) is 28.3 Å². The first kappa shape index (κ1) is 21.2.